The molecular weight excluding hydrogens is 262 g/mol. The molecule has 1 aromatic rings. The van der Waals surface area contributed by atoms with E-state index < -0.39 is 0 Å². The van der Waals surface area contributed by atoms with Crippen molar-refractivity contribution in [2.45, 2.75) is 45.6 Å². The van der Waals surface area contributed by atoms with Gasteiger partial charge in [0, 0.05) is 10.5 Å². The average molecular weight is 284 g/mol. The van der Waals surface area contributed by atoms with E-state index in [-0.39, 0.29) is 0 Å². The summed E-state index contributed by atoms with van der Waals surface area (Å²) in [7, 11) is 0. The van der Waals surface area contributed by atoms with Crippen molar-refractivity contribution in [3.8, 4) is 0 Å². The van der Waals surface area contributed by atoms with E-state index >= 15 is 0 Å². The Morgan fingerprint density at radius 1 is 1.19 bits per heavy atom. The number of nitrogens with one attached hydrogen (secondary N) is 1. The zero-order valence-corrected chi connectivity index (χ0v) is 11.9. The van der Waals surface area contributed by atoms with Gasteiger partial charge in [0.2, 0.25) is 0 Å². The molecule has 1 N–H and O–H groups in total. The SMILES string of the molecule is CCNC(CC)CCCc1ccc(Br)cc1. The third-order valence-corrected chi connectivity index (χ3v) is 3.45. The summed E-state index contributed by atoms with van der Waals surface area (Å²) in [5.41, 5.74) is 1.44. The predicted octanol–water partition coefficient (Wildman–Crippen LogP) is 4.16. The molecular formula is C14H22BrN. The molecule has 90 valence electrons. The molecule has 0 aliphatic heterocycles. The van der Waals surface area contributed by atoms with Gasteiger partial charge in [0.25, 0.3) is 0 Å². The minimum atomic E-state index is 0.695. The largest absolute Gasteiger partial charge is 0.314 e. The number of benzene rings is 1. The molecule has 16 heavy (non-hydrogen) atoms. The molecule has 1 atom stereocenters. The Hall–Kier alpha value is -0.340. The van der Waals surface area contributed by atoms with Crippen LogP contribution in [0.15, 0.2) is 28.7 Å². The van der Waals surface area contributed by atoms with Crippen molar-refractivity contribution >= 4 is 15.9 Å². The van der Waals surface area contributed by atoms with E-state index in [1.807, 2.05) is 0 Å². The Morgan fingerprint density at radius 2 is 1.88 bits per heavy atom. The van der Waals surface area contributed by atoms with Crippen LogP contribution in [0.5, 0.6) is 0 Å². The molecule has 0 radical (unpaired) electrons. The van der Waals surface area contributed by atoms with E-state index in [1.54, 1.807) is 0 Å². The summed E-state index contributed by atoms with van der Waals surface area (Å²) in [5.74, 6) is 0. The fourth-order valence-electron chi connectivity index (χ4n) is 1.94. The van der Waals surface area contributed by atoms with Crippen LogP contribution < -0.4 is 5.32 Å². The van der Waals surface area contributed by atoms with E-state index in [9.17, 15) is 0 Å². The highest BCUT2D eigenvalue weighted by molar-refractivity contribution is 9.10. The summed E-state index contributed by atoms with van der Waals surface area (Å²) >= 11 is 3.46. The lowest BCUT2D eigenvalue weighted by molar-refractivity contribution is 0.467. The molecule has 1 unspecified atom stereocenters. The highest BCUT2D eigenvalue weighted by Crippen LogP contribution is 2.13. The van der Waals surface area contributed by atoms with Crippen molar-refractivity contribution in [3.63, 3.8) is 0 Å². The minimum Gasteiger partial charge on any atom is -0.314 e. The first-order chi connectivity index (χ1) is 7.76. The first kappa shape index (κ1) is 13.7. The average Bonchev–Trinajstić information content (AvgIpc) is 2.30. The van der Waals surface area contributed by atoms with Gasteiger partial charge in [-0.15, -0.1) is 0 Å². The second-order valence-electron chi connectivity index (χ2n) is 4.18. The van der Waals surface area contributed by atoms with Crippen molar-refractivity contribution in [2.75, 3.05) is 6.54 Å². The molecule has 0 heterocycles. The summed E-state index contributed by atoms with van der Waals surface area (Å²) in [6.07, 6.45) is 4.97. The molecule has 0 aliphatic carbocycles. The van der Waals surface area contributed by atoms with Crippen molar-refractivity contribution in [3.05, 3.63) is 34.3 Å². The van der Waals surface area contributed by atoms with Crippen LogP contribution in [-0.2, 0) is 6.42 Å². The van der Waals surface area contributed by atoms with Crippen molar-refractivity contribution in [2.24, 2.45) is 0 Å². The van der Waals surface area contributed by atoms with Gasteiger partial charge in [-0.3, -0.25) is 0 Å². The smallest absolute Gasteiger partial charge is 0.0175 e. The van der Waals surface area contributed by atoms with Crippen molar-refractivity contribution in [1.29, 1.82) is 0 Å². The second-order valence-corrected chi connectivity index (χ2v) is 5.10. The van der Waals surface area contributed by atoms with Crippen LogP contribution in [-0.4, -0.2) is 12.6 Å². The third-order valence-electron chi connectivity index (χ3n) is 2.92. The Labute approximate surface area is 108 Å². The molecule has 0 amide bonds. The summed E-state index contributed by atoms with van der Waals surface area (Å²) in [4.78, 5) is 0. The normalized spacial score (nSPS) is 12.7. The minimum absolute atomic E-state index is 0.695. The Bertz CT molecular complexity index is 281. The van der Waals surface area contributed by atoms with Crippen molar-refractivity contribution < 1.29 is 0 Å². The fraction of sp³-hybridized carbons (Fsp3) is 0.571. The molecule has 1 rings (SSSR count). The van der Waals surface area contributed by atoms with Gasteiger partial charge in [0.05, 0.1) is 0 Å². The monoisotopic (exact) mass is 283 g/mol. The maximum Gasteiger partial charge on any atom is 0.0175 e. The Kier molecular flexibility index (Phi) is 6.74. The van der Waals surface area contributed by atoms with Gasteiger partial charge in [-0.25, -0.2) is 0 Å². The number of hydrogen-bond donors (Lipinski definition) is 1. The highest BCUT2D eigenvalue weighted by Gasteiger charge is 2.03. The molecule has 1 nitrogen and oxygen atoms in total. The van der Waals surface area contributed by atoms with Gasteiger partial charge in [-0.2, -0.15) is 0 Å². The van der Waals surface area contributed by atoms with Gasteiger partial charge >= 0.3 is 0 Å². The zero-order valence-electron chi connectivity index (χ0n) is 10.3. The maximum absolute atomic E-state index is 3.52. The first-order valence-corrected chi connectivity index (χ1v) is 7.03. The van der Waals surface area contributed by atoms with Gasteiger partial charge in [-0.05, 0) is 49.9 Å². The van der Waals surface area contributed by atoms with Crippen LogP contribution in [0, 0.1) is 0 Å². The summed E-state index contributed by atoms with van der Waals surface area (Å²) in [6, 6.07) is 9.35. The fourth-order valence-corrected chi connectivity index (χ4v) is 2.21. The number of hydrogen-bond acceptors (Lipinski definition) is 1. The molecule has 0 bridgehead atoms. The predicted molar refractivity (Wildman–Crippen MR) is 74.8 cm³/mol. The summed E-state index contributed by atoms with van der Waals surface area (Å²) < 4.78 is 1.16. The highest BCUT2D eigenvalue weighted by atomic mass is 79.9. The van der Waals surface area contributed by atoms with Crippen LogP contribution in [0.1, 0.15) is 38.7 Å². The molecule has 0 spiro atoms. The van der Waals surface area contributed by atoms with Crippen molar-refractivity contribution in [1.82, 2.24) is 5.32 Å². The quantitative estimate of drug-likeness (QED) is 0.792. The van der Waals surface area contributed by atoms with E-state index in [2.05, 4.69) is 59.4 Å². The number of aryl methyl sites for hydroxylation is 1. The Morgan fingerprint density at radius 3 is 2.44 bits per heavy atom. The molecule has 0 aromatic heterocycles. The lowest BCUT2D eigenvalue weighted by Crippen LogP contribution is -2.27. The number of halogens is 1. The van der Waals surface area contributed by atoms with E-state index in [1.165, 1.54) is 31.2 Å². The van der Waals surface area contributed by atoms with Gasteiger partial charge in [0.15, 0.2) is 0 Å². The number of rotatable bonds is 7. The maximum atomic E-state index is 3.52. The van der Waals surface area contributed by atoms with Crippen LogP contribution in [0.25, 0.3) is 0 Å². The lowest BCUT2D eigenvalue weighted by Gasteiger charge is -2.15. The zero-order chi connectivity index (χ0) is 11.8. The van der Waals surface area contributed by atoms with Crippen LogP contribution in [0.4, 0.5) is 0 Å². The topological polar surface area (TPSA) is 12.0 Å². The third kappa shape index (κ3) is 5.13. The summed E-state index contributed by atoms with van der Waals surface area (Å²) in [6.45, 7) is 5.52. The van der Waals surface area contributed by atoms with Crippen LogP contribution in [0.3, 0.4) is 0 Å². The second kappa shape index (κ2) is 7.86. The Balaban J connectivity index is 2.26. The van der Waals surface area contributed by atoms with E-state index in [0.717, 1.165) is 11.0 Å². The molecule has 0 saturated heterocycles. The molecule has 0 saturated carbocycles. The molecule has 2 heteroatoms. The van der Waals surface area contributed by atoms with E-state index in [4.69, 9.17) is 0 Å². The van der Waals surface area contributed by atoms with Gasteiger partial charge < -0.3 is 5.32 Å². The van der Waals surface area contributed by atoms with Crippen LogP contribution >= 0.6 is 15.9 Å². The van der Waals surface area contributed by atoms with Crippen LogP contribution in [0.2, 0.25) is 0 Å². The molecule has 0 fully saturated rings. The van der Waals surface area contributed by atoms with E-state index in [0.29, 0.717) is 6.04 Å². The molecule has 1 aromatic carbocycles. The standard InChI is InChI=1S/C14H22BrN/c1-3-14(16-4-2)7-5-6-12-8-10-13(15)11-9-12/h8-11,14,16H,3-7H2,1-2H3. The molecule has 0 aliphatic rings. The first-order valence-electron chi connectivity index (χ1n) is 6.24. The van der Waals surface area contributed by atoms with Gasteiger partial charge in [-0.1, -0.05) is 41.9 Å². The lowest BCUT2D eigenvalue weighted by atomic mass is 10.0. The van der Waals surface area contributed by atoms with Gasteiger partial charge in [0.1, 0.15) is 0 Å². The summed E-state index contributed by atoms with van der Waals surface area (Å²) in [5, 5.41) is 3.52.